The highest BCUT2D eigenvalue weighted by atomic mass is 35.5. The quantitative estimate of drug-likeness (QED) is 0.612. The number of sulfonamides is 1. The number of nitrogens with zero attached hydrogens (tertiary/aromatic N) is 1. The summed E-state index contributed by atoms with van der Waals surface area (Å²) in [7, 11) is -7.69. The lowest BCUT2D eigenvalue weighted by atomic mass is 10.3. The van der Waals surface area contributed by atoms with E-state index in [4.69, 9.17) is 11.6 Å². The van der Waals surface area contributed by atoms with E-state index in [9.17, 15) is 21.2 Å². The Morgan fingerprint density at radius 1 is 1.30 bits per heavy atom. The van der Waals surface area contributed by atoms with Crippen LogP contribution >= 0.6 is 11.6 Å². The first-order chi connectivity index (χ1) is 9.12. The molecule has 9 heteroatoms. The molecule has 112 valence electrons. The highest BCUT2D eigenvalue weighted by Crippen LogP contribution is 2.27. The molecule has 2 rings (SSSR count). The molecule has 5 nitrogen and oxygen atoms in total. The molecule has 20 heavy (non-hydrogen) atoms. The van der Waals surface area contributed by atoms with Gasteiger partial charge in [-0.1, -0.05) is 0 Å². The summed E-state index contributed by atoms with van der Waals surface area (Å²) in [4.78, 5) is -0.870. The van der Waals surface area contributed by atoms with Gasteiger partial charge < -0.3 is 0 Å². The van der Waals surface area contributed by atoms with Gasteiger partial charge in [0, 0.05) is 24.7 Å². The topological polar surface area (TPSA) is 71.5 Å². The van der Waals surface area contributed by atoms with E-state index in [1.54, 1.807) is 0 Å². The van der Waals surface area contributed by atoms with Gasteiger partial charge in [0.2, 0.25) is 10.0 Å². The second kappa shape index (κ2) is 5.25. The molecule has 0 aliphatic carbocycles. The van der Waals surface area contributed by atoms with E-state index in [0.29, 0.717) is 6.42 Å². The van der Waals surface area contributed by atoms with E-state index >= 15 is 0 Å². The van der Waals surface area contributed by atoms with Crippen molar-refractivity contribution in [3.8, 4) is 0 Å². The molecule has 0 N–H and O–H groups in total. The zero-order valence-electron chi connectivity index (χ0n) is 10.6. The third kappa shape index (κ3) is 2.98. The van der Waals surface area contributed by atoms with Gasteiger partial charge in [0.05, 0.1) is 4.90 Å². The van der Waals surface area contributed by atoms with Crippen LogP contribution in [0.3, 0.4) is 0 Å². The predicted octanol–water partition coefficient (Wildman–Crippen LogP) is 1.23. The lowest BCUT2D eigenvalue weighted by molar-refractivity contribution is 0.469. The summed E-state index contributed by atoms with van der Waals surface area (Å²) in [5.41, 5.74) is 0. The van der Waals surface area contributed by atoms with E-state index in [1.807, 2.05) is 0 Å². The van der Waals surface area contributed by atoms with Crippen molar-refractivity contribution in [2.45, 2.75) is 21.6 Å². The maximum Gasteiger partial charge on any atom is 0.246 e. The van der Waals surface area contributed by atoms with Gasteiger partial charge in [-0.2, -0.15) is 4.31 Å². The average Bonchev–Trinajstić information content (AvgIpc) is 2.75. The zero-order chi connectivity index (χ0) is 15.1. The van der Waals surface area contributed by atoms with Crippen molar-refractivity contribution in [2.24, 2.45) is 0 Å². The van der Waals surface area contributed by atoms with Crippen LogP contribution in [0, 0.1) is 5.82 Å². The van der Waals surface area contributed by atoms with E-state index < -0.39 is 30.6 Å². The van der Waals surface area contributed by atoms with E-state index in [-0.39, 0.29) is 23.4 Å². The first kappa shape index (κ1) is 15.7. The Morgan fingerprint density at radius 3 is 2.45 bits per heavy atom. The number of hydrogen-bond donors (Lipinski definition) is 0. The molecular formula is C11H13ClFNO4S2. The number of benzene rings is 1. The summed E-state index contributed by atoms with van der Waals surface area (Å²) in [6, 6.07) is 2.73. The smallest absolute Gasteiger partial charge is 0.224 e. The van der Waals surface area contributed by atoms with Crippen LogP contribution < -0.4 is 0 Å². The highest BCUT2D eigenvalue weighted by molar-refractivity contribution is 7.91. The number of sulfone groups is 1. The molecule has 1 aliphatic heterocycles. The fourth-order valence-electron chi connectivity index (χ4n) is 1.96. The largest absolute Gasteiger partial charge is 0.246 e. The molecule has 1 fully saturated rings. The molecule has 0 radical (unpaired) electrons. The third-order valence-corrected chi connectivity index (χ3v) is 6.39. The molecule has 0 bridgehead atoms. The maximum absolute atomic E-state index is 13.8. The van der Waals surface area contributed by atoms with Gasteiger partial charge in [-0.15, -0.1) is 11.6 Å². The maximum atomic E-state index is 13.8. The Kier molecular flexibility index (Phi) is 4.12. The van der Waals surface area contributed by atoms with Crippen molar-refractivity contribution in [3.63, 3.8) is 0 Å². The number of alkyl halides is 1. The zero-order valence-corrected chi connectivity index (χ0v) is 13.0. The van der Waals surface area contributed by atoms with Crippen molar-refractivity contribution in [1.82, 2.24) is 4.31 Å². The normalized spacial score (nSPS) is 21.2. The second-order valence-corrected chi connectivity index (χ2v) is 9.15. The number of halogens is 2. The molecule has 1 unspecified atom stereocenters. The minimum absolute atomic E-state index is 0.0897. The highest BCUT2D eigenvalue weighted by Gasteiger charge is 2.34. The second-order valence-electron chi connectivity index (χ2n) is 4.61. The average molecular weight is 342 g/mol. The van der Waals surface area contributed by atoms with Crippen molar-refractivity contribution >= 4 is 31.5 Å². The fraction of sp³-hybridized carbons (Fsp3) is 0.455. The minimum Gasteiger partial charge on any atom is -0.224 e. The van der Waals surface area contributed by atoms with Crippen molar-refractivity contribution in [3.05, 3.63) is 24.0 Å². The first-order valence-corrected chi connectivity index (χ1v) is 9.53. The summed E-state index contributed by atoms with van der Waals surface area (Å²) in [5.74, 6) is -0.976. The lowest BCUT2D eigenvalue weighted by Gasteiger charge is -2.16. The van der Waals surface area contributed by atoms with Crippen LogP contribution in [0.25, 0.3) is 0 Å². The summed E-state index contributed by atoms with van der Waals surface area (Å²) in [5, 5.41) is -0.314. The summed E-state index contributed by atoms with van der Waals surface area (Å²) in [6.45, 7) is 0.283. The minimum atomic E-state index is -4.08. The van der Waals surface area contributed by atoms with Crippen LogP contribution in [-0.2, 0) is 19.9 Å². The molecule has 1 heterocycles. The van der Waals surface area contributed by atoms with Crippen molar-refractivity contribution in [2.75, 3.05) is 19.3 Å². The van der Waals surface area contributed by atoms with Gasteiger partial charge in [0.15, 0.2) is 9.84 Å². The van der Waals surface area contributed by atoms with Crippen LogP contribution in [-0.4, -0.2) is 45.9 Å². The van der Waals surface area contributed by atoms with Crippen molar-refractivity contribution < 1.29 is 21.2 Å². The Labute approximate surface area is 122 Å². The summed E-state index contributed by atoms with van der Waals surface area (Å²) >= 11 is 5.85. The number of hydrogen-bond acceptors (Lipinski definition) is 4. The lowest BCUT2D eigenvalue weighted by Crippen LogP contribution is -2.29. The molecular weight excluding hydrogens is 329 g/mol. The van der Waals surface area contributed by atoms with Crippen LogP contribution in [0.2, 0.25) is 0 Å². The van der Waals surface area contributed by atoms with Gasteiger partial charge in [-0.25, -0.2) is 21.2 Å². The van der Waals surface area contributed by atoms with Gasteiger partial charge in [0.25, 0.3) is 0 Å². The Hall–Kier alpha value is -0.700. The van der Waals surface area contributed by atoms with Gasteiger partial charge >= 0.3 is 0 Å². The molecule has 0 amide bonds. The predicted molar refractivity (Wildman–Crippen MR) is 72.5 cm³/mol. The molecule has 0 spiro atoms. The van der Waals surface area contributed by atoms with Crippen LogP contribution in [0.15, 0.2) is 28.0 Å². The molecule has 0 aromatic heterocycles. The van der Waals surface area contributed by atoms with Crippen molar-refractivity contribution in [1.29, 1.82) is 0 Å². The molecule has 0 saturated carbocycles. The SMILES string of the molecule is CS(=O)(=O)c1ccc(F)c(S(=O)(=O)N2CCC(Cl)C2)c1. The summed E-state index contributed by atoms with van der Waals surface area (Å²) in [6.07, 6.45) is 1.41. The van der Waals surface area contributed by atoms with E-state index in [1.165, 1.54) is 0 Å². The molecule has 1 saturated heterocycles. The fourth-order valence-corrected chi connectivity index (χ4v) is 4.62. The van der Waals surface area contributed by atoms with Gasteiger partial charge in [-0.05, 0) is 24.6 Å². The monoisotopic (exact) mass is 341 g/mol. The van der Waals surface area contributed by atoms with E-state index in [0.717, 1.165) is 28.8 Å². The van der Waals surface area contributed by atoms with Crippen LogP contribution in [0.5, 0.6) is 0 Å². The standard InChI is InChI=1S/C11H13ClFNO4S2/c1-19(15,16)9-2-3-10(13)11(6-9)20(17,18)14-5-4-8(12)7-14/h2-3,6,8H,4-5,7H2,1H3. The molecule has 1 aromatic rings. The van der Waals surface area contributed by atoms with Crippen LogP contribution in [0.1, 0.15) is 6.42 Å². The Balaban J connectivity index is 2.52. The molecule has 1 aromatic carbocycles. The first-order valence-electron chi connectivity index (χ1n) is 5.76. The van der Waals surface area contributed by atoms with E-state index in [2.05, 4.69) is 0 Å². The Bertz CT molecular complexity index is 733. The summed E-state index contributed by atoms with van der Waals surface area (Å²) < 4.78 is 62.3. The number of rotatable bonds is 3. The molecule has 1 atom stereocenters. The molecule has 1 aliphatic rings. The Morgan fingerprint density at radius 2 is 1.95 bits per heavy atom. The van der Waals surface area contributed by atoms with Gasteiger partial charge in [0.1, 0.15) is 10.7 Å². The van der Waals surface area contributed by atoms with Gasteiger partial charge in [-0.3, -0.25) is 0 Å². The third-order valence-electron chi connectivity index (χ3n) is 3.04. The van der Waals surface area contributed by atoms with Crippen LogP contribution in [0.4, 0.5) is 4.39 Å².